The van der Waals surface area contributed by atoms with Crippen LogP contribution in [0.5, 0.6) is 0 Å². The van der Waals surface area contributed by atoms with Crippen molar-refractivity contribution < 1.29 is 48.0 Å². The van der Waals surface area contributed by atoms with E-state index in [0.29, 0.717) is 45.6 Å². The second kappa shape index (κ2) is 17.7. The van der Waals surface area contributed by atoms with Crippen molar-refractivity contribution in [3.8, 4) is 0 Å². The largest absolute Gasteiger partial charge is 0.460 e. The minimum absolute atomic E-state index is 0.0360. The first kappa shape index (κ1) is 45.8. The van der Waals surface area contributed by atoms with Crippen molar-refractivity contribution in [3.63, 3.8) is 0 Å². The molecule has 8 atom stereocenters. The van der Waals surface area contributed by atoms with Crippen LogP contribution in [0.3, 0.4) is 0 Å². The monoisotopic (exact) mass is 892 g/mol. The average molecular weight is 893 g/mol. The molecule has 2 heterocycles. The van der Waals surface area contributed by atoms with Crippen LogP contribution in [-0.2, 0) is 39.8 Å². The summed E-state index contributed by atoms with van der Waals surface area (Å²) in [7, 11) is 0. The minimum atomic E-state index is -0.741. The predicted octanol–water partition coefficient (Wildman–Crippen LogP) is 8.15. The maximum absolute atomic E-state index is 14.0. The number of ether oxygens (including phenoxy) is 5. The molecule has 12 nitrogen and oxygen atoms in total. The van der Waals surface area contributed by atoms with Gasteiger partial charge in [0.05, 0.1) is 29.9 Å². The number of hydrogen-bond donors (Lipinski definition) is 3. The minimum Gasteiger partial charge on any atom is -0.460 e. The maximum Gasteiger partial charge on any atom is 0.338 e. The standard InChI is InChI=1S/C53H68N2O10/c1-50(2,3)64-45(57)21-19-39(30-56)55-48(59)35-9-7-8-32(25-35)29-54-47(58)36-26-42(46-43(27-36)62-53(65-46,37-15-16-37)38-17-18-38)61-49(60)33-12-10-31(11-13-33)24-34-14-20-44-52(6,63-44)23-22-41-40(34)28-51(41,4)5/h7-13,24-25,27,37-44,46,56H,14-23,26,28-30H2,1-6H3,(H,54,58)(H,55,59)/t39-,40+,41+,42+,43+,44?,46-,52+/m0/s1. The quantitative estimate of drug-likeness (QED) is 0.125. The van der Waals surface area contributed by atoms with Crippen molar-refractivity contribution >= 4 is 29.8 Å². The second-order valence-corrected chi connectivity index (χ2v) is 21.9. The van der Waals surface area contributed by atoms with Crippen LogP contribution in [0.15, 0.2) is 65.8 Å². The molecule has 9 rings (SSSR count). The molecular weight excluding hydrogens is 825 g/mol. The van der Waals surface area contributed by atoms with Crippen molar-refractivity contribution in [2.45, 2.75) is 173 Å². The van der Waals surface area contributed by atoms with Crippen LogP contribution in [0.4, 0.5) is 0 Å². The Morgan fingerprint density at radius 1 is 0.908 bits per heavy atom. The fourth-order valence-corrected chi connectivity index (χ4v) is 11.2. The van der Waals surface area contributed by atoms with Gasteiger partial charge in [0.1, 0.15) is 23.9 Å². The van der Waals surface area contributed by atoms with Crippen LogP contribution >= 0.6 is 0 Å². The Morgan fingerprint density at radius 2 is 1.65 bits per heavy atom. The summed E-state index contributed by atoms with van der Waals surface area (Å²) in [4.78, 5) is 53.3. The summed E-state index contributed by atoms with van der Waals surface area (Å²) in [5.41, 5.74) is 4.23. The molecule has 65 heavy (non-hydrogen) atoms. The summed E-state index contributed by atoms with van der Waals surface area (Å²) in [5, 5.41) is 15.7. The lowest BCUT2D eigenvalue weighted by atomic mass is 9.52. The Labute approximate surface area is 383 Å². The van der Waals surface area contributed by atoms with Crippen LogP contribution in [-0.4, -0.2) is 82.9 Å². The Bertz CT molecular complexity index is 2200. The van der Waals surface area contributed by atoms with Crippen molar-refractivity contribution in [2.75, 3.05) is 6.61 Å². The van der Waals surface area contributed by atoms with Gasteiger partial charge in [-0.25, -0.2) is 4.79 Å². The van der Waals surface area contributed by atoms with Crippen LogP contribution in [0.1, 0.15) is 150 Å². The molecule has 350 valence electrons. The van der Waals surface area contributed by atoms with Crippen molar-refractivity contribution in [2.24, 2.45) is 29.1 Å². The molecule has 0 aromatic heterocycles. The molecule has 0 spiro atoms. The molecular formula is C53H68N2O10. The number of benzene rings is 2. The molecule has 7 aliphatic rings. The first-order valence-corrected chi connectivity index (χ1v) is 24.2. The van der Waals surface area contributed by atoms with Gasteiger partial charge in [0.25, 0.3) is 5.91 Å². The molecule has 5 aliphatic carbocycles. The summed E-state index contributed by atoms with van der Waals surface area (Å²) >= 11 is 0. The number of aliphatic hydroxyl groups excluding tert-OH is 1. The number of esters is 2. The summed E-state index contributed by atoms with van der Waals surface area (Å²) in [6.45, 7) is 12.2. The summed E-state index contributed by atoms with van der Waals surface area (Å²) in [6, 6.07) is 13.9. The molecule has 2 aromatic carbocycles. The van der Waals surface area contributed by atoms with E-state index in [1.54, 1.807) is 39.0 Å². The highest BCUT2D eigenvalue weighted by atomic mass is 16.8. The number of amides is 2. The van der Waals surface area contributed by atoms with Gasteiger partial charge in [-0.2, -0.15) is 0 Å². The van der Waals surface area contributed by atoms with Gasteiger partial charge in [0.15, 0.2) is 5.79 Å². The van der Waals surface area contributed by atoms with E-state index in [2.05, 4.69) is 37.5 Å². The van der Waals surface area contributed by atoms with E-state index in [9.17, 15) is 24.3 Å². The maximum atomic E-state index is 14.0. The van der Waals surface area contributed by atoms with Gasteiger partial charge < -0.3 is 39.4 Å². The number of carbonyl (C=O) groups is 4. The molecule has 6 fully saturated rings. The SMILES string of the molecule is CC(C)(C)OC(=O)CC[C@@H](CO)NC(=O)c1cccc(CNC(=O)C2=C[C@H]3OC(C4CC4)(C4CC4)O[C@H]3[C@H](OC(=O)c3ccc(C=C4CCC5O[C@]5(C)CC[C@@H]5[C@@H]4CC5(C)C)cc3)C2)c1. The lowest BCUT2D eigenvalue weighted by molar-refractivity contribution is -0.209. The fourth-order valence-electron chi connectivity index (χ4n) is 11.2. The number of hydrogen-bond acceptors (Lipinski definition) is 10. The molecule has 0 bridgehead atoms. The highest BCUT2D eigenvalue weighted by molar-refractivity contribution is 5.95. The summed E-state index contributed by atoms with van der Waals surface area (Å²) in [6.07, 6.45) is 12.8. The Morgan fingerprint density at radius 3 is 2.32 bits per heavy atom. The first-order chi connectivity index (χ1) is 30.9. The normalized spacial score (nSPS) is 30.9. The van der Waals surface area contributed by atoms with E-state index in [0.717, 1.165) is 50.5 Å². The zero-order valence-corrected chi connectivity index (χ0v) is 39.0. The van der Waals surface area contributed by atoms with Gasteiger partial charge in [0.2, 0.25) is 5.91 Å². The molecule has 3 N–H and O–H groups in total. The van der Waals surface area contributed by atoms with Gasteiger partial charge >= 0.3 is 11.9 Å². The average Bonchev–Trinajstić information content (AvgIpc) is 4.18. The van der Waals surface area contributed by atoms with E-state index in [4.69, 9.17) is 23.7 Å². The van der Waals surface area contributed by atoms with E-state index < -0.39 is 53.6 Å². The van der Waals surface area contributed by atoms with Crippen molar-refractivity contribution in [1.82, 2.24) is 10.6 Å². The number of allylic oxidation sites excluding steroid dienone is 1. The Balaban J connectivity index is 0.851. The van der Waals surface area contributed by atoms with Gasteiger partial charge in [0, 0.05) is 42.4 Å². The molecule has 1 unspecified atom stereocenters. The van der Waals surface area contributed by atoms with Crippen molar-refractivity contribution in [1.29, 1.82) is 0 Å². The number of carbonyl (C=O) groups excluding carboxylic acids is 4. The molecule has 2 aromatic rings. The third kappa shape index (κ3) is 10.2. The van der Waals surface area contributed by atoms with Gasteiger partial charge in [-0.3, -0.25) is 14.4 Å². The van der Waals surface area contributed by atoms with Gasteiger partial charge in [-0.1, -0.05) is 49.8 Å². The van der Waals surface area contributed by atoms with E-state index in [1.165, 1.54) is 18.4 Å². The zero-order chi connectivity index (χ0) is 45.9. The second-order valence-electron chi connectivity index (χ2n) is 21.9. The topological polar surface area (TPSA) is 162 Å². The van der Waals surface area contributed by atoms with Gasteiger partial charge in [-0.05, 0) is 151 Å². The third-order valence-electron chi connectivity index (χ3n) is 15.2. The van der Waals surface area contributed by atoms with Crippen LogP contribution in [0, 0.1) is 29.1 Å². The molecule has 4 saturated carbocycles. The molecule has 2 aliphatic heterocycles. The third-order valence-corrected chi connectivity index (χ3v) is 15.2. The van der Waals surface area contributed by atoms with Crippen LogP contribution in [0.25, 0.3) is 6.08 Å². The number of nitrogens with one attached hydrogen (secondary N) is 2. The Hall–Kier alpha value is -4.36. The van der Waals surface area contributed by atoms with Crippen LogP contribution < -0.4 is 10.6 Å². The van der Waals surface area contributed by atoms with E-state index in [-0.39, 0.29) is 55.8 Å². The lowest BCUT2D eigenvalue weighted by Gasteiger charge is -2.53. The molecule has 12 heteroatoms. The van der Waals surface area contributed by atoms with Gasteiger partial charge in [-0.15, -0.1) is 0 Å². The van der Waals surface area contributed by atoms with Crippen molar-refractivity contribution in [3.05, 3.63) is 88.0 Å². The molecule has 0 radical (unpaired) electrons. The van der Waals surface area contributed by atoms with Crippen LogP contribution in [0.2, 0.25) is 0 Å². The smallest absolute Gasteiger partial charge is 0.338 e. The number of aliphatic hydroxyl groups is 1. The fraction of sp³-hybridized carbons (Fsp3) is 0.623. The zero-order valence-electron chi connectivity index (χ0n) is 39.0. The number of epoxide rings is 1. The predicted molar refractivity (Wildman–Crippen MR) is 243 cm³/mol. The Kier molecular flexibility index (Phi) is 12.5. The first-order valence-electron chi connectivity index (χ1n) is 24.2. The highest BCUT2D eigenvalue weighted by Crippen LogP contribution is 2.61. The molecule has 2 amide bonds. The van der Waals surface area contributed by atoms with E-state index >= 15 is 0 Å². The lowest BCUT2D eigenvalue weighted by Crippen LogP contribution is -2.45. The van der Waals surface area contributed by atoms with E-state index in [1.807, 2.05) is 36.4 Å². The number of rotatable bonds is 14. The number of fused-ring (bicyclic) bond motifs is 3. The molecule has 2 saturated heterocycles. The summed E-state index contributed by atoms with van der Waals surface area (Å²) in [5.74, 6) is -0.527. The summed E-state index contributed by atoms with van der Waals surface area (Å²) < 4.78 is 31.5. The highest BCUT2D eigenvalue weighted by Gasteiger charge is 2.64.